The van der Waals surface area contributed by atoms with Crippen molar-refractivity contribution >= 4 is 11.8 Å². The monoisotopic (exact) mass is 316 g/mol. The molecule has 2 saturated heterocycles. The largest absolute Gasteiger partial charge is 0.573 e. The van der Waals surface area contributed by atoms with Crippen molar-refractivity contribution in [3.63, 3.8) is 0 Å². The summed E-state index contributed by atoms with van der Waals surface area (Å²) < 4.78 is 40.2. The Bertz CT molecular complexity index is 547. The lowest BCUT2D eigenvalue weighted by Gasteiger charge is -2.22. The molecule has 5 nitrogen and oxygen atoms in total. The molecule has 1 N–H and O–H groups in total. The Morgan fingerprint density at radius 3 is 2.09 bits per heavy atom. The van der Waals surface area contributed by atoms with E-state index in [1.807, 2.05) is 0 Å². The van der Waals surface area contributed by atoms with Crippen molar-refractivity contribution in [2.45, 2.75) is 6.36 Å². The van der Waals surface area contributed by atoms with Gasteiger partial charge in [-0.1, -0.05) is 0 Å². The summed E-state index contributed by atoms with van der Waals surface area (Å²) in [5.74, 6) is 0.317. The number of carboxylic acid groups (broad SMARTS) is 1. The lowest BCUT2D eigenvalue weighted by Crippen LogP contribution is -2.32. The fourth-order valence-corrected chi connectivity index (χ4v) is 3.22. The number of benzene rings is 1. The van der Waals surface area contributed by atoms with E-state index in [1.54, 1.807) is 12.1 Å². The zero-order chi connectivity index (χ0) is 15.9. The lowest BCUT2D eigenvalue weighted by molar-refractivity contribution is -0.274. The molecule has 1 aromatic carbocycles. The van der Waals surface area contributed by atoms with Crippen molar-refractivity contribution < 1.29 is 27.8 Å². The van der Waals surface area contributed by atoms with Crippen LogP contribution in [0, 0.1) is 11.8 Å². The van der Waals surface area contributed by atoms with Gasteiger partial charge in [-0.2, -0.15) is 0 Å². The van der Waals surface area contributed by atoms with Gasteiger partial charge in [-0.05, 0) is 24.3 Å². The van der Waals surface area contributed by atoms with E-state index in [0.29, 0.717) is 26.2 Å². The molecule has 1 aromatic rings. The Morgan fingerprint density at radius 2 is 1.64 bits per heavy atom. The molecule has 1 amide bonds. The first-order chi connectivity index (χ1) is 10.3. The van der Waals surface area contributed by atoms with Crippen molar-refractivity contribution in [3.05, 3.63) is 24.3 Å². The van der Waals surface area contributed by atoms with E-state index in [0.717, 1.165) is 5.69 Å². The number of likely N-dealkylation sites (tertiary alicyclic amines) is 1. The Balaban J connectivity index is 1.62. The molecular formula is C14H15F3N2O3. The number of amides is 1. The van der Waals surface area contributed by atoms with Crippen LogP contribution in [-0.2, 0) is 0 Å². The second kappa shape index (κ2) is 5.26. The Hall–Kier alpha value is -2.12. The van der Waals surface area contributed by atoms with Crippen LogP contribution in [0.25, 0.3) is 0 Å². The quantitative estimate of drug-likeness (QED) is 0.911. The van der Waals surface area contributed by atoms with Crippen LogP contribution >= 0.6 is 0 Å². The van der Waals surface area contributed by atoms with Crippen molar-refractivity contribution in [2.24, 2.45) is 11.8 Å². The average molecular weight is 316 g/mol. The highest BCUT2D eigenvalue weighted by Gasteiger charge is 2.41. The molecule has 0 aromatic heterocycles. The highest BCUT2D eigenvalue weighted by molar-refractivity contribution is 5.65. The molecular weight excluding hydrogens is 301 g/mol. The van der Waals surface area contributed by atoms with Gasteiger partial charge in [-0.3, -0.25) is 0 Å². The Kier molecular flexibility index (Phi) is 3.54. The summed E-state index contributed by atoms with van der Waals surface area (Å²) in [6.45, 7) is 2.47. The minimum atomic E-state index is -4.69. The normalized spacial score (nSPS) is 24.5. The summed E-state index contributed by atoms with van der Waals surface area (Å²) >= 11 is 0. The first kappa shape index (κ1) is 14.8. The third-order valence-corrected chi connectivity index (χ3v) is 4.19. The summed E-state index contributed by atoms with van der Waals surface area (Å²) in [5, 5.41) is 8.98. The van der Waals surface area contributed by atoms with Gasteiger partial charge in [0.15, 0.2) is 0 Å². The van der Waals surface area contributed by atoms with Crippen LogP contribution in [0.4, 0.5) is 23.7 Å². The van der Waals surface area contributed by atoms with E-state index in [9.17, 15) is 18.0 Å². The average Bonchev–Trinajstić information content (AvgIpc) is 2.95. The molecule has 2 aliphatic heterocycles. The molecule has 0 saturated carbocycles. The number of hydrogen-bond donors (Lipinski definition) is 1. The predicted octanol–water partition coefficient (Wildman–Crippen LogP) is 2.63. The fourth-order valence-electron chi connectivity index (χ4n) is 3.22. The van der Waals surface area contributed by atoms with Gasteiger partial charge < -0.3 is 19.6 Å². The smallest absolute Gasteiger partial charge is 0.465 e. The van der Waals surface area contributed by atoms with E-state index in [2.05, 4.69) is 9.64 Å². The van der Waals surface area contributed by atoms with Gasteiger partial charge in [0.05, 0.1) is 0 Å². The maximum atomic E-state index is 12.1. The molecule has 120 valence electrons. The van der Waals surface area contributed by atoms with Crippen molar-refractivity contribution in [3.8, 4) is 5.75 Å². The SMILES string of the molecule is O=C(O)N1C[C@@H]2CN(c3ccc(OC(F)(F)F)cc3)C[C@H]2C1. The van der Waals surface area contributed by atoms with Gasteiger partial charge in [-0.25, -0.2) is 4.79 Å². The van der Waals surface area contributed by atoms with E-state index in [4.69, 9.17) is 5.11 Å². The standard InChI is InChI=1S/C14H15F3N2O3/c15-14(16,17)22-12-3-1-11(2-4-12)18-5-9-7-19(13(20)21)8-10(9)6-18/h1-4,9-10H,5-8H2,(H,20,21)/t9-,10-/m0/s1. The number of anilines is 1. The zero-order valence-corrected chi connectivity index (χ0v) is 11.6. The van der Waals surface area contributed by atoms with Crippen LogP contribution in [0.3, 0.4) is 0 Å². The number of ether oxygens (including phenoxy) is 1. The molecule has 2 heterocycles. The lowest BCUT2D eigenvalue weighted by atomic mass is 10.0. The fraction of sp³-hybridized carbons (Fsp3) is 0.500. The topological polar surface area (TPSA) is 53.0 Å². The van der Waals surface area contributed by atoms with Gasteiger partial charge in [0.25, 0.3) is 0 Å². The zero-order valence-electron chi connectivity index (χ0n) is 11.6. The molecule has 2 atom stereocenters. The molecule has 0 aliphatic carbocycles. The molecule has 2 aliphatic rings. The van der Waals surface area contributed by atoms with Crippen molar-refractivity contribution in [2.75, 3.05) is 31.1 Å². The molecule has 0 unspecified atom stereocenters. The van der Waals surface area contributed by atoms with Gasteiger partial charge >= 0.3 is 12.5 Å². The maximum absolute atomic E-state index is 12.1. The van der Waals surface area contributed by atoms with Crippen LogP contribution in [0.15, 0.2) is 24.3 Å². The molecule has 22 heavy (non-hydrogen) atoms. The minimum absolute atomic E-state index is 0.243. The van der Waals surface area contributed by atoms with Crippen LogP contribution in [0.1, 0.15) is 0 Å². The van der Waals surface area contributed by atoms with E-state index in [-0.39, 0.29) is 17.6 Å². The molecule has 0 spiro atoms. The van der Waals surface area contributed by atoms with Crippen LogP contribution in [-0.4, -0.2) is 48.6 Å². The maximum Gasteiger partial charge on any atom is 0.573 e. The van der Waals surface area contributed by atoms with Gasteiger partial charge in [0, 0.05) is 43.7 Å². The van der Waals surface area contributed by atoms with Gasteiger partial charge in [-0.15, -0.1) is 13.2 Å². The number of nitrogens with zero attached hydrogens (tertiary/aromatic N) is 2. The second-order valence-electron chi connectivity index (χ2n) is 5.65. The number of halogens is 3. The van der Waals surface area contributed by atoms with E-state index < -0.39 is 12.5 Å². The van der Waals surface area contributed by atoms with Crippen LogP contribution in [0.2, 0.25) is 0 Å². The second-order valence-corrected chi connectivity index (χ2v) is 5.65. The number of rotatable bonds is 2. The van der Waals surface area contributed by atoms with E-state index >= 15 is 0 Å². The molecule has 0 radical (unpaired) electrons. The highest BCUT2D eigenvalue weighted by Crippen LogP contribution is 2.34. The van der Waals surface area contributed by atoms with Crippen molar-refractivity contribution in [1.29, 1.82) is 0 Å². The third-order valence-electron chi connectivity index (χ3n) is 4.19. The first-order valence-electron chi connectivity index (χ1n) is 6.90. The summed E-state index contributed by atoms with van der Waals surface area (Å²) in [6.07, 6.45) is -5.58. The van der Waals surface area contributed by atoms with E-state index in [1.165, 1.54) is 17.0 Å². The number of fused-ring (bicyclic) bond motifs is 1. The molecule has 2 fully saturated rings. The van der Waals surface area contributed by atoms with Crippen LogP contribution < -0.4 is 9.64 Å². The third kappa shape index (κ3) is 3.05. The minimum Gasteiger partial charge on any atom is -0.465 e. The highest BCUT2D eigenvalue weighted by atomic mass is 19.4. The Labute approximate surface area is 124 Å². The van der Waals surface area contributed by atoms with Gasteiger partial charge in [0.2, 0.25) is 0 Å². The summed E-state index contributed by atoms with van der Waals surface area (Å²) in [4.78, 5) is 14.4. The molecule has 3 rings (SSSR count). The Morgan fingerprint density at radius 1 is 1.09 bits per heavy atom. The first-order valence-corrected chi connectivity index (χ1v) is 6.90. The van der Waals surface area contributed by atoms with Crippen LogP contribution in [0.5, 0.6) is 5.75 Å². The molecule has 0 bridgehead atoms. The summed E-state index contributed by atoms with van der Waals surface area (Å²) in [7, 11) is 0. The number of alkyl halides is 3. The summed E-state index contributed by atoms with van der Waals surface area (Å²) in [6, 6.07) is 5.77. The summed E-state index contributed by atoms with van der Waals surface area (Å²) in [5.41, 5.74) is 0.825. The van der Waals surface area contributed by atoms with Crippen molar-refractivity contribution in [1.82, 2.24) is 4.90 Å². The molecule has 8 heteroatoms. The number of hydrogen-bond acceptors (Lipinski definition) is 3. The number of carbonyl (C=O) groups is 1. The van der Waals surface area contributed by atoms with Gasteiger partial charge in [0.1, 0.15) is 5.75 Å². The predicted molar refractivity (Wildman–Crippen MR) is 71.9 cm³/mol.